The zero-order valence-electron chi connectivity index (χ0n) is 24.6. The predicted molar refractivity (Wildman–Crippen MR) is 168 cm³/mol. The maximum Gasteiger partial charge on any atom is 0.290 e. The summed E-state index contributed by atoms with van der Waals surface area (Å²) in [6, 6.07) is 20.0. The number of sulfonamides is 1. The third-order valence-electron chi connectivity index (χ3n) is 6.88. The lowest BCUT2D eigenvalue weighted by atomic mass is 10.00. The van der Waals surface area contributed by atoms with Crippen LogP contribution in [0, 0.1) is 6.92 Å². The highest BCUT2D eigenvalue weighted by atomic mass is 32.2. The van der Waals surface area contributed by atoms with Crippen molar-refractivity contribution in [3.63, 3.8) is 0 Å². The molecule has 4 rings (SSSR count). The summed E-state index contributed by atoms with van der Waals surface area (Å²) in [4.78, 5) is 26.4. The zero-order chi connectivity index (χ0) is 31.2. The molecule has 12 heteroatoms. The van der Waals surface area contributed by atoms with Crippen LogP contribution in [0.25, 0.3) is 0 Å². The highest BCUT2D eigenvalue weighted by Gasteiger charge is 2.28. The lowest BCUT2D eigenvalue weighted by Crippen LogP contribution is -2.48. The third-order valence-corrected chi connectivity index (χ3v) is 8.75. The number of anilines is 2. The maximum absolute atomic E-state index is 13.6. The van der Waals surface area contributed by atoms with Gasteiger partial charge in [-0.05, 0) is 69.0 Å². The fourth-order valence-corrected chi connectivity index (χ4v) is 6.49. The third kappa shape index (κ3) is 10.3. The van der Waals surface area contributed by atoms with Gasteiger partial charge in [-0.3, -0.25) is 18.9 Å². The first-order chi connectivity index (χ1) is 20.7. The number of carbonyl (C=O) groups is 2. The molecule has 2 heterocycles. The maximum atomic E-state index is 13.6. The van der Waals surface area contributed by atoms with Crippen LogP contribution in [0.2, 0.25) is 0 Å². The van der Waals surface area contributed by atoms with Crippen LogP contribution in [0.5, 0.6) is 0 Å². The van der Waals surface area contributed by atoms with Gasteiger partial charge in [-0.15, -0.1) is 0 Å². The molecule has 1 saturated heterocycles. The molecule has 2 atom stereocenters. The quantitative estimate of drug-likeness (QED) is 0.194. The second-order valence-corrected chi connectivity index (χ2v) is 12.3. The molecule has 0 saturated carbocycles. The number of pyridine rings is 1. The van der Waals surface area contributed by atoms with Gasteiger partial charge >= 0.3 is 0 Å². The number of nitrogens with one attached hydrogen (secondary N) is 3. The Hall–Kier alpha value is -4.00. The lowest BCUT2D eigenvalue weighted by Gasteiger charge is -2.29. The minimum absolute atomic E-state index is 0.0936. The monoisotopic (exact) mass is 611 g/mol. The van der Waals surface area contributed by atoms with E-state index in [1.54, 1.807) is 18.2 Å². The summed E-state index contributed by atoms with van der Waals surface area (Å²) >= 11 is 0. The van der Waals surface area contributed by atoms with E-state index in [4.69, 9.17) is 9.90 Å². The topological polar surface area (TPSA) is 161 Å². The summed E-state index contributed by atoms with van der Waals surface area (Å²) in [5.74, 6) is -0.285. The van der Waals surface area contributed by atoms with E-state index in [-0.39, 0.29) is 24.7 Å². The largest absolute Gasteiger partial charge is 0.483 e. The molecule has 0 aliphatic carbocycles. The molecule has 0 spiro atoms. The van der Waals surface area contributed by atoms with Gasteiger partial charge in [-0.1, -0.05) is 36.4 Å². The molecule has 1 amide bonds. The minimum atomic E-state index is -3.44. The zero-order valence-corrected chi connectivity index (χ0v) is 25.4. The molecule has 1 aromatic heterocycles. The number of nitrogens with zero attached hydrogens (tertiary/aromatic N) is 2. The second kappa shape index (κ2) is 16.6. The number of hydrogen-bond donors (Lipinski definition) is 5. The van der Waals surface area contributed by atoms with Gasteiger partial charge in [0.05, 0.1) is 29.3 Å². The molecule has 1 aliphatic rings. The van der Waals surface area contributed by atoms with E-state index in [0.29, 0.717) is 49.4 Å². The SMILES string of the molecule is CCNc1cc(C(=O)N[C@@H](Cc2ccccc2)[C@H](O)CNCc2cccc(C)n2)cc(N2CCCCS2(=O)=O)c1.O=CO. The highest BCUT2D eigenvalue weighted by Crippen LogP contribution is 2.28. The lowest BCUT2D eigenvalue weighted by molar-refractivity contribution is -0.122. The fourth-order valence-electron chi connectivity index (χ4n) is 4.86. The molecular formula is C31H41N5O6S. The van der Waals surface area contributed by atoms with Crippen molar-refractivity contribution >= 4 is 33.8 Å². The normalized spacial score (nSPS) is 15.4. The molecule has 1 fully saturated rings. The fraction of sp³-hybridized carbons (Fsp3) is 0.387. The minimum Gasteiger partial charge on any atom is -0.483 e. The van der Waals surface area contributed by atoms with Crippen molar-refractivity contribution in [3.05, 3.63) is 89.2 Å². The average molecular weight is 612 g/mol. The number of amides is 1. The molecule has 0 bridgehead atoms. The molecule has 5 N–H and O–H groups in total. The van der Waals surface area contributed by atoms with Crippen molar-refractivity contribution in [2.24, 2.45) is 0 Å². The summed E-state index contributed by atoms with van der Waals surface area (Å²) in [7, 11) is -3.44. The van der Waals surface area contributed by atoms with Gasteiger partial charge in [-0.2, -0.15) is 0 Å². The Bertz CT molecular complexity index is 1440. The molecule has 232 valence electrons. The van der Waals surface area contributed by atoms with Crippen LogP contribution in [0.15, 0.2) is 66.7 Å². The number of benzene rings is 2. The van der Waals surface area contributed by atoms with Crippen molar-refractivity contribution < 1.29 is 28.2 Å². The standard InChI is InChI=1S/C30H39N5O4S.CH2O2/c1-3-32-26-17-24(18-27(19-26)35-14-7-8-15-40(35,38)39)30(37)34-28(16-23-11-5-4-6-12-23)29(36)21-31-20-25-13-9-10-22(2)33-25;2-1-3/h4-6,9-13,17-19,28-29,31-32,36H,3,7-8,14-16,20-21H2,1-2H3,(H,34,37);1H,(H,2,3)/t28-,29+;/m0./s1. The molecule has 3 aromatic rings. The van der Waals surface area contributed by atoms with Crippen LogP contribution < -0.4 is 20.3 Å². The van der Waals surface area contributed by atoms with Crippen LogP contribution >= 0.6 is 0 Å². The average Bonchev–Trinajstić information content (AvgIpc) is 2.97. The molecule has 43 heavy (non-hydrogen) atoms. The Morgan fingerprint density at radius 1 is 1.09 bits per heavy atom. The molecule has 2 aromatic carbocycles. The Labute approximate surface area is 253 Å². The number of carboxylic acid groups (broad SMARTS) is 1. The highest BCUT2D eigenvalue weighted by molar-refractivity contribution is 7.92. The smallest absolute Gasteiger partial charge is 0.290 e. The van der Waals surface area contributed by atoms with Gasteiger partial charge in [0.25, 0.3) is 12.4 Å². The first-order valence-corrected chi connectivity index (χ1v) is 15.9. The Kier molecular flexibility index (Phi) is 12.9. The van der Waals surface area contributed by atoms with Gasteiger partial charge in [0.15, 0.2) is 0 Å². The summed E-state index contributed by atoms with van der Waals surface area (Å²) < 4.78 is 27.0. The van der Waals surface area contributed by atoms with Crippen LogP contribution in [-0.2, 0) is 27.8 Å². The van der Waals surface area contributed by atoms with Gasteiger partial charge in [0, 0.05) is 43.1 Å². The summed E-state index contributed by atoms with van der Waals surface area (Å²) in [5, 5.41) is 27.5. The molecule has 1 aliphatic heterocycles. The van der Waals surface area contributed by atoms with Crippen LogP contribution in [0.1, 0.15) is 47.1 Å². The Morgan fingerprint density at radius 2 is 1.84 bits per heavy atom. The number of hydrogen-bond acceptors (Lipinski definition) is 8. The van der Waals surface area contributed by atoms with Crippen molar-refractivity contribution in [2.75, 3.05) is 35.0 Å². The number of rotatable bonds is 12. The number of carbonyl (C=O) groups excluding carboxylic acids is 1. The van der Waals surface area contributed by atoms with Gasteiger partial charge in [-0.25, -0.2) is 8.42 Å². The first-order valence-electron chi connectivity index (χ1n) is 14.3. The Balaban J connectivity index is 0.00000162. The molecule has 11 nitrogen and oxygen atoms in total. The van der Waals surface area contributed by atoms with Gasteiger partial charge in [0.1, 0.15) is 0 Å². The van der Waals surface area contributed by atoms with Crippen LogP contribution in [0.4, 0.5) is 11.4 Å². The predicted octanol–water partition coefficient (Wildman–Crippen LogP) is 2.94. The number of aliphatic hydroxyl groups excluding tert-OH is 1. The number of aromatic nitrogens is 1. The van der Waals surface area contributed by atoms with Gasteiger partial charge in [0.2, 0.25) is 10.0 Å². The van der Waals surface area contributed by atoms with Crippen LogP contribution in [-0.4, -0.2) is 73.5 Å². The summed E-state index contributed by atoms with van der Waals surface area (Å²) in [5.41, 5.74) is 4.24. The van der Waals surface area contributed by atoms with Crippen molar-refractivity contribution in [3.8, 4) is 0 Å². The van der Waals surface area contributed by atoms with Crippen molar-refractivity contribution in [1.29, 1.82) is 0 Å². The van der Waals surface area contributed by atoms with Crippen molar-refractivity contribution in [2.45, 2.75) is 51.8 Å². The summed E-state index contributed by atoms with van der Waals surface area (Å²) in [6.45, 7) is 5.37. The van der Waals surface area contributed by atoms with E-state index in [0.717, 1.165) is 23.4 Å². The molecular weight excluding hydrogens is 570 g/mol. The van der Waals surface area contributed by atoms with E-state index < -0.39 is 22.2 Å². The molecule has 0 unspecified atom stereocenters. The summed E-state index contributed by atoms with van der Waals surface area (Å²) in [6.07, 6.45) is 0.945. The van der Waals surface area contributed by atoms with Crippen LogP contribution in [0.3, 0.4) is 0 Å². The number of aryl methyl sites for hydroxylation is 1. The molecule has 0 radical (unpaired) electrons. The van der Waals surface area contributed by atoms with Gasteiger partial charge < -0.3 is 26.2 Å². The van der Waals surface area contributed by atoms with E-state index in [2.05, 4.69) is 20.9 Å². The Morgan fingerprint density at radius 3 is 2.51 bits per heavy atom. The first kappa shape index (κ1) is 33.5. The van der Waals surface area contributed by atoms with E-state index in [9.17, 15) is 18.3 Å². The number of aliphatic hydroxyl groups is 1. The van der Waals surface area contributed by atoms with Crippen molar-refractivity contribution in [1.82, 2.24) is 15.6 Å². The van der Waals surface area contributed by atoms with E-state index in [1.807, 2.05) is 62.4 Å². The van der Waals surface area contributed by atoms with E-state index in [1.165, 1.54) is 4.31 Å². The second-order valence-electron chi connectivity index (χ2n) is 10.2. The van der Waals surface area contributed by atoms with E-state index >= 15 is 0 Å².